The maximum atomic E-state index is 15.0. The van der Waals surface area contributed by atoms with Gasteiger partial charge in [-0.25, -0.2) is 17.2 Å². The Kier molecular flexibility index (Phi) is 4.47. The molecule has 10 heteroatoms. The molecule has 0 radical (unpaired) electrons. The zero-order chi connectivity index (χ0) is 19.2. The number of benzene rings is 2. The molecule has 1 fully saturated rings. The fourth-order valence-corrected chi connectivity index (χ4v) is 4.71. The lowest BCUT2D eigenvalue weighted by Crippen LogP contribution is -2.18. The summed E-state index contributed by atoms with van der Waals surface area (Å²) < 4.78 is 60.6. The number of nitrogens with zero attached hydrogens (tertiary/aromatic N) is 2. The predicted octanol–water partition coefficient (Wildman–Crippen LogP) is 4.18. The summed E-state index contributed by atoms with van der Waals surface area (Å²) in [5.74, 6) is -1.34. The fourth-order valence-electron chi connectivity index (χ4n) is 2.72. The van der Waals surface area contributed by atoms with Gasteiger partial charge < -0.3 is 5.32 Å². The highest BCUT2D eigenvalue weighted by atomic mass is 32.2. The van der Waals surface area contributed by atoms with Gasteiger partial charge in [-0.15, -0.1) is 5.10 Å². The molecule has 1 aliphatic rings. The Labute approximate surface area is 158 Å². The van der Waals surface area contributed by atoms with E-state index in [2.05, 4.69) is 19.6 Å². The van der Waals surface area contributed by atoms with E-state index in [9.17, 15) is 12.8 Å². The molecule has 0 bridgehead atoms. The molecule has 4 rings (SSSR count). The normalized spacial score (nSPS) is 14.5. The van der Waals surface area contributed by atoms with E-state index in [-0.39, 0.29) is 22.6 Å². The molecule has 0 aliphatic heterocycles. The van der Waals surface area contributed by atoms with Crippen molar-refractivity contribution in [3.8, 4) is 0 Å². The van der Waals surface area contributed by atoms with Crippen molar-refractivity contribution in [2.45, 2.75) is 31.4 Å². The lowest BCUT2D eigenvalue weighted by Gasteiger charge is -2.16. The van der Waals surface area contributed by atoms with Crippen molar-refractivity contribution in [1.82, 2.24) is 9.59 Å². The third-order valence-corrected chi connectivity index (χ3v) is 6.93. The van der Waals surface area contributed by atoms with Crippen molar-refractivity contribution < 1.29 is 17.2 Å². The third kappa shape index (κ3) is 3.46. The van der Waals surface area contributed by atoms with Crippen LogP contribution in [0.2, 0.25) is 0 Å². The van der Waals surface area contributed by atoms with E-state index >= 15 is 4.39 Å². The van der Waals surface area contributed by atoms with Crippen molar-refractivity contribution in [3.63, 3.8) is 0 Å². The van der Waals surface area contributed by atoms with Crippen molar-refractivity contribution >= 4 is 48.8 Å². The Balaban J connectivity index is 1.80. The van der Waals surface area contributed by atoms with Crippen LogP contribution in [-0.2, 0) is 16.4 Å². The molecule has 0 saturated heterocycles. The molecule has 2 aromatic carbocycles. The molecule has 0 spiro atoms. The van der Waals surface area contributed by atoms with E-state index in [1.165, 1.54) is 18.2 Å². The van der Waals surface area contributed by atoms with E-state index in [1.807, 2.05) is 6.92 Å². The summed E-state index contributed by atoms with van der Waals surface area (Å²) in [5, 5.41) is 5.94. The molecule has 6 nitrogen and oxygen atoms in total. The first-order valence-electron chi connectivity index (χ1n) is 8.40. The Morgan fingerprint density at radius 3 is 2.67 bits per heavy atom. The van der Waals surface area contributed by atoms with Gasteiger partial charge in [-0.3, -0.25) is 4.72 Å². The molecule has 2 N–H and O–H groups in total. The lowest BCUT2D eigenvalue weighted by atomic mass is 10.1. The molecule has 1 aliphatic carbocycles. The van der Waals surface area contributed by atoms with Crippen LogP contribution >= 0.6 is 11.5 Å². The minimum atomic E-state index is -3.63. The minimum Gasteiger partial charge on any atom is -0.349 e. The topological polar surface area (TPSA) is 84.0 Å². The highest BCUT2D eigenvalue weighted by Gasteiger charge is 2.36. The van der Waals surface area contributed by atoms with Gasteiger partial charge in [0.05, 0.1) is 21.3 Å². The monoisotopic (exact) mass is 410 g/mol. The SMILES string of the molecule is CCc1ccc(Nc2c(NS(=O)(=O)C3CC3)cc3snnc3c2F)c(F)c1. The highest BCUT2D eigenvalue weighted by molar-refractivity contribution is 7.93. The molecular formula is C17H16F2N4O2S2. The van der Waals surface area contributed by atoms with E-state index < -0.39 is 26.9 Å². The summed E-state index contributed by atoms with van der Waals surface area (Å²) in [4.78, 5) is 0. The van der Waals surface area contributed by atoms with Gasteiger partial charge >= 0.3 is 0 Å². The average Bonchev–Trinajstić information content (AvgIpc) is 3.39. The molecule has 1 heterocycles. The number of rotatable bonds is 6. The number of aromatic nitrogens is 2. The second-order valence-electron chi connectivity index (χ2n) is 6.37. The first-order chi connectivity index (χ1) is 12.9. The molecule has 0 amide bonds. The second kappa shape index (κ2) is 6.68. The van der Waals surface area contributed by atoms with Gasteiger partial charge in [-0.2, -0.15) is 0 Å². The molecule has 0 unspecified atom stereocenters. The van der Waals surface area contributed by atoms with Crippen LogP contribution in [0.25, 0.3) is 10.2 Å². The van der Waals surface area contributed by atoms with Crippen LogP contribution in [0.15, 0.2) is 24.3 Å². The Hall–Kier alpha value is -2.33. The van der Waals surface area contributed by atoms with Gasteiger partial charge in [0.2, 0.25) is 10.0 Å². The van der Waals surface area contributed by atoms with Gasteiger partial charge in [-0.1, -0.05) is 17.5 Å². The van der Waals surface area contributed by atoms with Crippen LogP contribution in [-0.4, -0.2) is 23.3 Å². The maximum Gasteiger partial charge on any atom is 0.235 e. The van der Waals surface area contributed by atoms with Crippen molar-refractivity contribution in [2.24, 2.45) is 0 Å². The largest absolute Gasteiger partial charge is 0.349 e. The summed E-state index contributed by atoms with van der Waals surface area (Å²) in [6.45, 7) is 1.90. The minimum absolute atomic E-state index is 0.00227. The van der Waals surface area contributed by atoms with Crippen molar-refractivity contribution in [3.05, 3.63) is 41.5 Å². The van der Waals surface area contributed by atoms with Crippen molar-refractivity contribution in [2.75, 3.05) is 10.0 Å². The smallest absolute Gasteiger partial charge is 0.235 e. The van der Waals surface area contributed by atoms with Crippen LogP contribution in [0.5, 0.6) is 0 Å². The number of hydrogen-bond acceptors (Lipinski definition) is 6. The molecular weight excluding hydrogens is 394 g/mol. The van der Waals surface area contributed by atoms with E-state index in [0.717, 1.165) is 17.1 Å². The first-order valence-corrected chi connectivity index (χ1v) is 10.7. The Morgan fingerprint density at radius 2 is 2.00 bits per heavy atom. The molecule has 142 valence electrons. The first kappa shape index (κ1) is 18.1. The number of sulfonamides is 1. The number of hydrogen-bond donors (Lipinski definition) is 2. The Bertz CT molecular complexity index is 1130. The van der Waals surface area contributed by atoms with Crippen molar-refractivity contribution in [1.29, 1.82) is 0 Å². The number of halogens is 2. The van der Waals surface area contributed by atoms with Gasteiger partial charge in [-0.05, 0) is 54.6 Å². The van der Waals surface area contributed by atoms with E-state index in [4.69, 9.17) is 0 Å². The lowest BCUT2D eigenvalue weighted by molar-refractivity contribution is 0.600. The molecule has 1 saturated carbocycles. The van der Waals surface area contributed by atoms with Crippen LogP contribution in [0.4, 0.5) is 25.8 Å². The van der Waals surface area contributed by atoms with Crippen LogP contribution in [0.1, 0.15) is 25.3 Å². The zero-order valence-electron chi connectivity index (χ0n) is 14.3. The summed E-state index contributed by atoms with van der Waals surface area (Å²) in [6.07, 6.45) is 1.80. The summed E-state index contributed by atoms with van der Waals surface area (Å²) in [5.41, 5.74) is 0.676. The Morgan fingerprint density at radius 1 is 1.22 bits per heavy atom. The van der Waals surface area contributed by atoms with Gasteiger partial charge in [0.25, 0.3) is 0 Å². The summed E-state index contributed by atoms with van der Waals surface area (Å²) in [6, 6.07) is 6.04. The number of aryl methyl sites for hydroxylation is 1. The molecule has 1 aromatic heterocycles. The fraction of sp³-hybridized carbons (Fsp3) is 0.294. The zero-order valence-corrected chi connectivity index (χ0v) is 15.9. The number of fused-ring (bicyclic) bond motifs is 1. The predicted molar refractivity (Wildman–Crippen MR) is 102 cm³/mol. The standard InChI is InChI=1S/C17H16F2N4O2S2/c1-2-9-3-6-12(11(18)7-9)20-16-13(22-27(24,25)10-4-5-10)8-14-17(15(16)19)21-23-26-14/h3,6-8,10,20,22H,2,4-5H2,1H3. The number of anilines is 3. The second-order valence-corrected chi connectivity index (χ2v) is 9.12. The summed E-state index contributed by atoms with van der Waals surface area (Å²) in [7, 11) is -3.63. The van der Waals surface area contributed by atoms with E-state index in [0.29, 0.717) is 24.0 Å². The maximum absolute atomic E-state index is 15.0. The van der Waals surface area contributed by atoms with Crippen LogP contribution in [0, 0.1) is 11.6 Å². The molecule has 3 aromatic rings. The quantitative estimate of drug-likeness (QED) is 0.637. The average molecular weight is 410 g/mol. The van der Waals surface area contributed by atoms with Gasteiger partial charge in [0.15, 0.2) is 5.82 Å². The van der Waals surface area contributed by atoms with E-state index in [1.54, 1.807) is 6.07 Å². The molecule has 0 atom stereocenters. The van der Waals surface area contributed by atoms with Crippen LogP contribution in [0.3, 0.4) is 0 Å². The van der Waals surface area contributed by atoms with Crippen LogP contribution < -0.4 is 10.0 Å². The third-order valence-electron chi connectivity index (χ3n) is 4.40. The van der Waals surface area contributed by atoms with Gasteiger partial charge in [0.1, 0.15) is 17.0 Å². The summed E-state index contributed by atoms with van der Waals surface area (Å²) >= 11 is 0.951. The number of nitrogens with one attached hydrogen (secondary N) is 2. The van der Waals surface area contributed by atoms with Gasteiger partial charge in [0, 0.05) is 0 Å². The molecule has 27 heavy (non-hydrogen) atoms. The highest BCUT2D eigenvalue weighted by Crippen LogP contribution is 2.38.